The molecule has 21 heavy (non-hydrogen) atoms. The van der Waals surface area contributed by atoms with Gasteiger partial charge in [-0.25, -0.2) is 9.78 Å². The second-order valence-electron chi connectivity index (χ2n) is 6.30. The van der Waals surface area contributed by atoms with Gasteiger partial charge in [-0.2, -0.15) is 0 Å². The fraction of sp³-hybridized carbons (Fsp3) is 0.600. The molecule has 2 rings (SSSR count). The standard InChI is InChI=1S/C15H22BrN3O2/c1-11-10-18(13-9-12(16)5-6-17-13)7-8-19(11)14(20)21-15(2,3)4/h5-6,9,11H,7-8,10H2,1-4H3. The van der Waals surface area contributed by atoms with Crippen LogP contribution < -0.4 is 4.90 Å². The van der Waals surface area contributed by atoms with Crippen molar-refractivity contribution < 1.29 is 9.53 Å². The number of piperazine rings is 1. The van der Waals surface area contributed by atoms with Gasteiger partial charge in [-0.05, 0) is 39.8 Å². The molecule has 0 N–H and O–H groups in total. The monoisotopic (exact) mass is 355 g/mol. The molecule has 5 nitrogen and oxygen atoms in total. The normalized spacial score (nSPS) is 19.6. The molecule has 1 fully saturated rings. The SMILES string of the molecule is CC1CN(c2cc(Br)ccn2)CCN1C(=O)OC(C)(C)C. The summed E-state index contributed by atoms with van der Waals surface area (Å²) in [7, 11) is 0. The van der Waals surface area contributed by atoms with Crippen molar-refractivity contribution in [1.82, 2.24) is 9.88 Å². The number of amides is 1. The lowest BCUT2D eigenvalue weighted by Gasteiger charge is -2.40. The fourth-order valence-corrected chi connectivity index (χ4v) is 2.65. The van der Waals surface area contributed by atoms with Gasteiger partial charge in [0.15, 0.2) is 0 Å². The van der Waals surface area contributed by atoms with Gasteiger partial charge in [-0.3, -0.25) is 0 Å². The van der Waals surface area contributed by atoms with Crippen LogP contribution in [0.2, 0.25) is 0 Å². The first-order valence-corrected chi connectivity index (χ1v) is 7.92. The Balaban J connectivity index is 2.01. The Morgan fingerprint density at radius 3 is 2.71 bits per heavy atom. The highest BCUT2D eigenvalue weighted by molar-refractivity contribution is 9.10. The highest BCUT2D eigenvalue weighted by atomic mass is 79.9. The van der Waals surface area contributed by atoms with Gasteiger partial charge in [0, 0.05) is 36.3 Å². The first-order valence-electron chi connectivity index (χ1n) is 7.12. The lowest BCUT2D eigenvalue weighted by Crippen LogP contribution is -2.55. The van der Waals surface area contributed by atoms with Gasteiger partial charge < -0.3 is 14.5 Å². The summed E-state index contributed by atoms with van der Waals surface area (Å²) in [5.74, 6) is 0.931. The molecule has 1 unspecified atom stereocenters. The number of anilines is 1. The van der Waals surface area contributed by atoms with E-state index in [4.69, 9.17) is 4.74 Å². The minimum Gasteiger partial charge on any atom is -0.444 e. The highest BCUT2D eigenvalue weighted by Crippen LogP contribution is 2.21. The number of halogens is 1. The first kappa shape index (κ1) is 16.1. The van der Waals surface area contributed by atoms with Gasteiger partial charge in [0.1, 0.15) is 11.4 Å². The van der Waals surface area contributed by atoms with Gasteiger partial charge in [0.2, 0.25) is 0 Å². The second kappa shape index (κ2) is 6.22. The van der Waals surface area contributed by atoms with E-state index in [9.17, 15) is 4.79 Å². The van der Waals surface area contributed by atoms with Crippen LogP contribution in [0.4, 0.5) is 10.6 Å². The van der Waals surface area contributed by atoms with Gasteiger partial charge in [0.05, 0.1) is 0 Å². The van der Waals surface area contributed by atoms with Crippen molar-refractivity contribution in [2.24, 2.45) is 0 Å². The topological polar surface area (TPSA) is 45.7 Å². The molecule has 2 heterocycles. The number of pyridine rings is 1. The maximum atomic E-state index is 12.2. The Kier molecular flexibility index (Phi) is 4.76. The lowest BCUT2D eigenvalue weighted by atomic mass is 10.2. The van der Waals surface area contributed by atoms with E-state index < -0.39 is 5.60 Å². The smallest absolute Gasteiger partial charge is 0.410 e. The molecule has 1 amide bonds. The average molecular weight is 356 g/mol. The number of carbonyl (C=O) groups is 1. The van der Waals surface area contributed by atoms with E-state index in [1.54, 1.807) is 11.1 Å². The third kappa shape index (κ3) is 4.33. The van der Waals surface area contributed by atoms with Crippen molar-refractivity contribution in [2.45, 2.75) is 39.3 Å². The van der Waals surface area contributed by atoms with Crippen LogP contribution >= 0.6 is 15.9 Å². The largest absolute Gasteiger partial charge is 0.444 e. The third-order valence-electron chi connectivity index (χ3n) is 3.29. The van der Waals surface area contributed by atoms with E-state index >= 15 is 0 Å². The van der Waals surface area contributed by atoms with Gasteiger partial charge >= 0.3 is 6.09 Å². The molecule has 0 aromatic carbocycles. The Hall–Kier alpha value is -1.30. The molecule has 0 radical (unpaired) electrons. The van der Waals surface area contributed by atoms with Crippen LogP contribution in [0.15, 0.2) is 22.8 Å². The lowest BCUT2D eigenvalue weighted by molar-refractivity contribution is 0.0158. The van der Waals surface area contributed by atoms with Crippen molar-refractivity contribution in [1.29, 1.82) is 0 Å². The third-order valence-corrected chi connectivity index (χ3v) is 3.78. The molecule has 1 aromatic heterocycles. The van der Waals surface area contributed by atoms with Crippen molar-refractivity contribution in [3.05, 3.63) is 22.8 Å². The van der Waals surface area contributed by atoms with Crippen LogP contribution in [0.3, 0.4) is 0 Å². The maximum absolute atomic E-state index is 12.2. The van der Waals surface area contributed by atoms with Gasteiger partial charge in [-0.15, -0.1) is 0 Å². The molecule has 1 aromatic rings. The Morgan fingerprint density at radius 2 is 2.14 bits per heavy atom. The quantitative estimate of drug-likeness (QED) is 0.775. The average Bonchev–Trinajstić information content (AvgIpc) is 2.36. The zero-order valence-electron chi connectivity index (χ0n) is 13.0. The second-order valence-corrected chi connectivity index (χ2v) is 7.22. The summed E-state index contributed by atoms with van der Waals surface area (Å²) in [5.41, 5.74) is -0.459. The number of hydrogen-bond donors (Lipinski definition) is 0. The molecule has 0 spiro atoms. The number of nitrogens with zero attached hydrogens (tertiary/aromatic N) is 3. The van der Waals surface area contributed by atoms with E-state index in [0.29, 0.717) is 6.54 Å². The summed E-state index contributed by atoms with van der Waals surface area (Å²) in [6, 6.07) is 3.99. The molecule has 1 saturated heterocycles. The zero-order chi connectivity index (χ0) is 15.6. The summed E-state index contributed by atoms with van der Waals surface area (Å²) < 4.78 is 6.46. The van der Waals surface area contributed by atoms with E-state index in [1.165, 1.54) is 0 Å². The fourth-order valence-electron chi connectivity index (χ4n) is 2.32. The number of hydrogen-bond acceptors (Lipinski definition) is 4. The Morgan fingerprint density at radius 1 is 1.43 bits per heavy atom. The molecule has 1 atom stereocenters. The molecule has 6 heteroatoms. The molecule has 0 aliphatic carbocycles. The number of aromatic nitrogens is 1. The van der Waals surface area contributed by atoms with E-state index in [0.717, 1.165) is 23.4 Å². The summed E-state index contributed by atoms with van der Waals surface area (Å²) in [6.07, 6.45) is 1.54. The predicted molar refractivity (Wildman–Crippen MR) is 86.6 cm³/mol. The summed E-state index contributed by atoms with van der Waals surface area (Å²) >= 11 is 3.46. The summed E-state index contributed by atoms with van der Waals surface area (Å²) in [6.45, 7) is 9.85. The summed E-state index contributed by atoms with van der Waals surface area (Å²) in [5, 5.41) is 0. The zero-order valence-corrected chi connectivity index (χ0v) is 14.6. The van der Waals surface area contributed by atoms with Crippen molar-refractivity contribution >= 4 is 27.8 Å². The highest BCUT2D eigenvalue weighted by Gasteiger charge is 2.31. The molecule has 1 aliphatic heterocycles. The molecule has 0 saturated carbocycles. The predicted octanol–water partition coefficient (Wildman–Crippen LogP) is 3.29. The Labute approximate surface area is 134 Å². The Bertz CT molecular complexity index is 516. The maximum Gasteiger partial charge on any atom is 0.410 e. The van der Waals surface area contributed by atoms with Gasteiger partial charge in [-0.1, -0.05) is 15.9 Å². The van der Waals surface area contributed by atoms with Crippen LogP contribution in [0.25, 0.3) is 0 Å². The molecule has 0 bridgehead atoms. The minimum atomic E-state index is -0.459. The van der Waals surface area contributed by atoms with Crippen molar-refractivity contribution in [3.8, 4) is 0 Å². The van der Waals surface area contributed by atoms with Crippen LogP contribution in [0.1, 0.15) is 27.7 Å². The molecular weight excluding hydrogens is 334 g/mol. The van der Waals surface area contributed by atoms with E-state index in [2.05, 4.69) is 25.8 Å². The molecular formula is C15H22BrN3O2. The molecule has 116 valence electrons. The van der Waals surface area contributed by atoms with E-state index in [1.807, 2.05) is 39.8 Å². The van der Waals surface area contributed by atoms with Crippen molar-refractivity contribution in [2.75, 3.05) is 24.5 Å². The van der Waals surface area contributed by atoms with E-state index in [-0.39, 0.29) is 12.1 Å². The van der Waals surface area contributed by atoms with Gasteiger partial charge in [0.25, 0.3) is 0 Å². The minimum absolute atomic E-state index is 0.0920. The summed E-state index contributed by atoms with van der Waals surface area (Å²) in [4.78, 5) is 20.6. The van der Waals surface area contributed by atoms with Crippen LogP contribution in [0.5, 0.6) is 0 Å². The van der Waals surface area contributed by atoms with Crippen LogP contribution in [0, 0.1) is 0 Å². The number of ether oxygens (including phenoxy) is 1. The molecule has 1 aliphatic rings. The van der Waals surface area contributed by atoms with Crippen LogP contribution in [-0.2, 0) is 4.74 Å². The van der Waals surface area contributed by atoms with Crippen LogP contribution in [-0.4, -0.2) is 47.3 Å². The van der Waals surface area contributed by atoms with Crippen molar-refractivity contribution in [3.63, 3.8) is 0 Å². The first-order chi connectivity index (χ1) is 9.76. The number of rotatable bonds is 1. The number of carbonyl (C=O) groups excluding carboxylic acids is 1.